The van der Waals surface area contributed by atoms with Crippen molar-refractivity contribution in [3.8, 4) is 17.2 Å². The molecule has 0 aliphatic heterocycles. The smallest absolute Gasteiger partial charge is 0.347 e. The van der Waals surface area contributed by atoms with Gasteiger partial charge in [-0.1, -0.05) is 11.6 Å². The highest BCUT2D eigenvalue weighted by Crippen LogP contribution is 2.33. The fourth-order valence-corrected chi connectivity index (χ4v) is 2.69. The van der Waals surface area contributed by atoms with Gasteiger partial charge in [-0.3, -0.25) is 4.79 Å². The molecule has 0 saturated carbocycles. The summed E-state index contributed by atoms with van der Waals surface area (Å²) in [6.45, 7) is 0. The summed E-state index contributed by atoms with van der Waals surface area (Å²) in [5.41, 5.74) is -0.864. The molecule has 1 aromatic heterocycles. The first kappa shape index (κ1) is 17.8. The maximum Gasteiger partial charge on any atom is 0.347 e. The summed E-state index contributed by atoms with van der Waals surface area (Å²) < 4.78 is 24.7. The maximum atomic E-state index is 13.4. The van der Waals surface area contributed by atoms with Gasteiger partial charge in [-0.15, -0.1) is 0 Å². The lowest BCUT2D eigenvalue weighted by Crippen LogP contribution is -2.25. The van der Waals surface area contributed by atoms with E-state index in [0.29, 0.717) is 5.52 Å². The molecule has 26 heavy (non-hydrogen) atoms. The lowest BCUT2D eigenvalue weighted by atomic mass is 10.1. The molecule has 0 amide bonds. The molecule has 1 N–H and O–H groups in total. The van der Waals surface area contributed by atoms with E-state index in [1.54, 1.807) is 0 Å². The van der Waals surface area contributed by atoms with E-state index in [4.69, 9.17) is 16.3 Å². The van der Waals surface area contributed by atoms with Crippen LogP contribution in [0.3, 0.4) is 0 Å². The lowest BCUT2D eigenvalue weighted by molar-refractivity contribution is 0.0595. The molecule has 0 atom stereocenters. The fourth-order valence-electron chi connectivity index (χ4n) is 2.53. The van der Waals surface area contributed by atoms with Crippen LogP contribution in [-0.4, -0.2) is 22.8 Å². The maximum absolute atomic E-state index is 13.4. The van der Waals surface area contributed by atoms with Crippen LogP contribution < -0.4 is 10.3 Å². The summed E-state index contributed by atoms with van der Waals surface area (Å²) in [4.78, 5) is 24.1. The minimum atomic E-state index is -0.933. The first-order valence-corrected chi connectivity index (χ1v) is 7.78. The monoisotopic (exact) mass is 377 g/mol. The number of aryl methyl sites for hydroxylation is 1. The topological polar surface area (TPSA) is 77.8 Å². The van der Waals surface area contributed by atoms with Gasteiger partial charge in [0.25, 0.3) is 5.56 Å². The predicted molar refractivity (Wildman–Crippen MR) is 93.7 cm³/mol. The van der Waals surface area contributed by atoms with E-state index in [0.717, 1.165) is 13.2 Å². The summed E-state index contributed by atoms with van der Waals surface area (Å²) in [7, 11) is 2.56. The van der Waals surface area contributed by atoms with Gasteiger partial charge in [0.05, 0.1) is 17.6 Å². The van der Waals surface area contributed by atoms with Gasteiger partial charge in [-0.25, -0.2) is 9.18 Å². The van der Waals surface area contributed by atoms with Crippen LogP contribution >= 0.6 is 11.6 Å². The van der Waals surface area contributed by atoms with Crippen LogP contribution in [0.1, 0.15) is 10.4 Å². The molecule has 6 nitrogen and oxygen atoms in total. The third-order valence-corrected chi connectivity index (χ3v) is 4.16. The molecule has 3 aromatic rings. The first-order chi connectivity index (χ1) is 12.3. The molecule has 0 unspecified atom stereocenters. The number of carbonyl (C=O) groups is 1. The zero-order valence-corrected chi connectivity index (χ0v) is 14.5. The standard InChI is InChI=1S/C18H13ClFNO5/c1-21-13-8-10(26-14-7-9(20)3-6-12(14)19)4-5-11(13)16(22)15(17(21)23)18(24)25-2/h3-8,22H,1-2H3. The van der Waals surface area contributed by atoms with E-state index in [1.165, 1.54) is 41.9 Å². The van der Waals surface area contributed by atoms with Gasteiger partial charge in [-0.05, 0) is 24.3 Å². The normalized spacial score (nSPS) is 10.8. The molecule has 134 valence electrons. The average molecular weight is 378 g/mol. The Morgan fingerprint density at radius 2 is 1.96 bits per heavy atom. The number of pyridine rings is 1. The molecular formula is C18H13ClFNO5. The number of nitrogens with zero attached hydrogens (tertiary/aromatic N) is 1. The Bertz CT molecular complexity index is 1090. The van der Waals surface area contributed by atoms with Crippen LogP contribution in [0.2, 0.25) is 5.02 Å². The van der Waals surface area contributed by atoms with Crippen LogP contribution in [0.15, 0.2) is 41.2 Å². The summed E-state index contributed by atoms with van der Waals surface area (Å²) in [6.07, 6.45) is 0. The average Bonchev–Trinajstić information content (AvgIpc) is 2.62. The highest BCUT2D eigenvalue weighted by Gasteiger charge is 2.22. The van der Waals surface area contributed by atoms with Gasteiger partial charge < -0.3 is 19.1 Å². The molecule has 3 rings (SSSR count). The molecule has 0 saturated heterocycles. The van der Waals surface area contributed by atoms with E-state index >= 15 is 0 Å². The number of hydrogen-bond donors (Lipinski definition) is 1. The number of esters is 1. The first-order valence-electron chi connectivity index (χ1n) is 7.40. The van der Waals surface area contributed by atoms with Crippen molar-refractivity contribution in [3.63, 3.8) is 0 Å². The van der Waals surface area contributed by atoms with Crippen LogP contribution in [-0.2, 0) is 11.8 Å². The molecule has 8 heteroatoms. The largest absolute Gasteiger partial charge is 0.506 e. The summed E-state index contributed by atoms with van der Waals surface area (Å²) in [5, 5.41) is 10.8. The highest BCUT2D eigenvalue weighted by atomic mass is 35.5. The molecule has 0 bridgehead atoms. The van der Waals surface area contributed by atoms with Gasteiger partial charge in [0.2, 0.25) is 0 Å². The Kier molecular flexibility index (Phi) is 4.56. The quantitative estimate of drug-likeness (QED) is 0.705. The van der Waals surface area contributed by atoms with E-state index in [1.807, 2.05) is 0 Å². The van der Waals surface area contributed by atoms with E-state index in [9.17, 15) is 19.1 Å². The minimum absolute atomic E-state index is 0.103. The molecule has 1 heterocycles. The van der Waals surface area contributed by atoms with Crippen LogP contribution in [0, 0.1) is 5.82 Å². The Morgan fingerprint density at radius 3 is 2.65 bits per heavy atom. The van der Waals surface area contributed by atoms with Gasteiger partial charge in [-0.2, -0.15) is 0 Å². The summed E-state index contributed by atoms with van der Waals surface area (Å²) in [6, 6.07) is 8.12. The second-order valence-electron chi connectivity index (χ2n) is 5.44. The Labute approximate surface area is 152 Å². The fraction of sp³-hybridized carbons (Fsp3) is 0.111. The van der Waals surface area contributed by atoms with Crippen LogP contribution in [0.4, 0.5) is 4.39 Å². The number of methoxy groups -OCH3 is 1. The van der Waals surface area contributed by atoms with Crippen molar-refractivity contribution in [1.29, 1.82) is 0 Å². The highest BCUT2D eigenvalue weighted by molar-refractivity contribution is 6.32. The number of benzene rings is 2. The van der Waals surface area contributed by atoms with Crippen LogP contribution in [0.5, 0.6) is 17.2 Å². The molecule has 2 aromatic carbocycles. The second-order valence-corrected chi connectivity index (χ2v) is 5.84. The van der Waals surface area contributed by atoms with E-state index < -0.39 is 28.7 Å². The summed E-state index contributed by atoms with van der Waals surface area (Å²) >= 11 is 5.98. The molecular weight excluding hydrogens is 365 g/mol. The van der Waals surface area contributed by atoms with Crippen molar-refractivity contribution in [3.05, 3.63) is 63.2 Å². The number of rotatable bonds is 3. The van der Waals surface area contributed by atoms with Gasteiger partial charge in [0, 0.05) is 24.6 Å². The van der Waals surface area contributed by atoms with Gasteiger partial charge in [0.15, 0.2) is 5.56 Å². The number of ether oxygens (including phenoxy) is 2. The van der Waals surface area contributed by atoms with E-state index in [2.05, 4.69) is 4.74 Å². The Morgan fingerprint density at radius 1 is 1.23 bits per heavy atom. The third kappa shape index (κ3) is 2.97. The number of fused-ring (bicyclic) bond motifs is 1. The molecule has 0 spiro atoms. The molecule has 0 radical (unpaired) electrons. The molecule has 0 aliphatic rings. The van der Waals surface area contributed by atoms with Crippen molar-refractivity contribution < 1.29 is 23.8 Å². The number of aromatic nitrogens is 1. The van der Waals surface area contributed by atoms with E-state index in [-0.39, 0.29) is 21.9 Å². The van der Waals surface area contributed by atoms with Crippen LogP contribution in [0.25, 0.3) is 10.9 Å². The zero-order valence-electron chi connectivity index (χ0n) is 13.7. The third-order valence-electron chi connectivity index (χ3n) is 3.85. The SMILES string of the molecule is COC(=O)c1c(O)c2ccc(Oc3cc(F)ccc3Cl)cc2n(C)c1=O. The van der Waals surface area contributed by atoms with Crippen molar-refractivity contribution in [2.45, 2.75) is 0 Å². The zero-order chi connectivity index (χ0) is 19.0. The minimum Gasteiger partial charge on any atom is -0.506 e. The number of aromatic hydroxyl groups is 1. The number of carbonyl (C=O) groups excluding carboxylic acids is 1. The van der Waals surface area contributed by atoms with Gasteiger partial charge in [0.1, 0.15) is 23.1 Å². The Hall–Kier alpha value is -3.06. The number of hydrogen-bond acceptors (Lipinski definition) is 5. The Balaban J connectivity index is 2.15. The molecule has 0 aliphatic carbocycles. The predicted octanol–water partition coefficient (Wildman–Crippen LogP) is 3.62. The lowest BCUT2D eigenvalue weighted by Gasteiger charge is -2.13. The number of halogens is 2. The van der Waals surface area contributed by atoms with Crippen molar-refractivity contribution in [1.82, 2.24) is 4.57 Å². The summed E-state index contributed by atoms with van der Waals surface area (Å²) in [5.74, 6) is -1.56. The van der Waals surface area contributed by atoms with Crippen molar-refractivity contribution >= 4 is 28.5 Å². The van der Waals surface area contributed by atoms with Crippen molar-refractivity contribution in [2.24, 2.45) is 7.05 Å². The van der Waals surface area contributed by atoms with Gasteiger partial charge >= 0.3 is 5.97 Å². The van der Waals surface area contributed by atoms with Crippen molar-refractivity contribution in [2.75, 3.05) is 7.11 Å². The second kappa shape index (κ2) is 6.68. The molecule has 0 fully saturated rings.